The van der Waals surface area contributed by atoms with Crippen molar-refractivity contribution < 1.29 is 4.79 Å². The quantitative estimate of drug-likeness (QED) is 0.770. The van der Waals surface area contributed by atoms with Crippen LogP contribution in [0, 0.1) is 0 Å². The largest absolute Gasteiger partial charge is 0.350 e. The summed E-state index contributed by atoms with van der Waals surface area (Å²) in [4.78, 5) is 12.7. The van der Waals surface area contributed by atoms with Crippen molar-refractivity contribution in [3.63, 3.8) is 0 Å². The molecule has 1 unspecified atom stereocenters. The minimum atomic E-state index is -0.331. The number of tetrazole rings is 1. The van der Waals surface area contributed by atoms with Gasteiger partial charge in [-0.3, -0.25) is 9.48 Å². The summed E-state index contributed by atoms with van der Waals surface area (Å²) in [5.74, 6) is 0.227. The second kappa shape index (κ2) is 6.44. The van der Waals surface area contributed by atoms with E-state index < -0.39 is 0 Å². The first-order valence-corrected chi connectivity index (χ1v) is 8.67. The number of rotatable bonds is 3. The van der Waals surface area contributed by atoms with Gasteiger partial charge in [0.05, 0.1) is 28.7 Å². The van der Waals surface area contributed by atoms with Crippen LogP contribution in [0.15, 0.2) is 18.2 Å². The van der Waals surface area contributed by atoms with E-state index >= 15 is 0 Å². The van der Waals surface area contributed by atoms with Crippen molar-refractivity contribution >= 4 is 28.4 Å². The van der Waals surface area contributed by atoms with Gasteiger partial charge in [-0.2, -0.15) is 5.10 Å². The number of nitrogens with one attached hydrogen (secondary N) is 1. The normalized spacial score (nSPS) is 17.3. The fourth-order valence-electron chi connectivity index (χ4n) is 3.38. The van der Waals surface area contributed by atoms with E-state index in [0.717, 1.165) is 42.4 Å². The van der Waals surface area contributed by atoms with Crippen LogP contribution in [-0.2, 0) is 24.9 Å². The van der Waals surface area contributed by atoms with Gasteiger partial charge in [0.1, 0.15) is 0 Å². The summed E-state index contributed by atoms with van der Waals surface area (Å²) in [6.45, 7) is 1.07. The molecule has 1 aliphatic rings. The molecule has 130 valence electrons. The van der Waals surface area contributed by atoms with Crippen LogP contribution in [0.5, 0.6) is 0 Å². The van der Waals surface area contributed by atoms with Gasteiger partial charge in [0, 0.05) is 19.0 Å². The molecular weight excluding hydrogens is 342 g/mol. The number of amides is 1. The standard InChI is InChI=1S/C16H18ClN7O/c1-23-13-7-4-6-11(17)14(13)12(20-23)9-18-16(25)10-5-2-3-8-24-15(10)19-21-22-24/h4,6-7,10H,2-3,5,8-9H2,1H3,(H,18,25). The molecule has 1 aliphatic heterocycles. The maximum atomic E-state index is 12.7. The average Bonchev–Trinajstić information content (AvgIpc) is 3.13. The zero-order valence-electron chi connectivity index (χ0n) is 13.8. The van der Waals surface area contributed by atoms with Gasteiger partial charge >= 0.3 is 0 Å². The van der Waals surface area contributed by atoms with Crippen molar-refractivity contribution in [2.24, 2.45) is 7.05 Å². The Hall–Kier alpha value is -2.48. The summed E-state index contributed by atoms with van der Waals surface area (Å²) < 4.78 is 3.50. The van der Waals surface area contributed by atoms with Gasteiger partial charge in [-0.25, -0.2) is 4.68 Å². The predicted molar refractivity (Wildman–Crippen MR) is 92.0 cm³/mol. The maximum absolute atomic E-state index is 12.7. The first-order chi connectivity index (χ1) is 12.1. The molecule has 0 saturated heterocycles. The number of fused-ring (bicyclic) bond motifs is 2. The highest BCUT2D eigenvalue weighted by molar-refractivity contribution is 6.35. The van der Waals surface area contributed by atoms with E-state index in [1.54, 1.807) is 9.36 Å². The molecule has 2 aromatic heterocycles. The lowest BCUT2D eigenvalue weighted by Crippen LogP contribution is -2.30. The zero-order chi connectivity index (χ0) is 17.4. The third kappa shape index (κ3) is 2.86. The molecule has 1 atom stereocenters. The van der Waals surface area contributed by atoms with Crippen LogP contribution in [0.1, 0.15) is 36.7 Å². The fourth-order valence-corrected chi connectivity index (χ4v) is 3.66. The molecule has 1 aromatic carbocycles. The molecule has 0 radical (unpaired) electrons. The molecule has 0 spiro atoms. The summed E-state index contributed by atoms with van der Waals surface area (Å²) in [5, 5.41) is 20.7. The van der Waals surface area contributed by atoms with Gasteiger partial charge in [0.15, 0.2) is 5.82 Å². The van der Waals surface area contributed by atoms with Crippen molar-refractivity contribution in [1.82, 2.24) is 35.3 Å². The molecule has 0 fully saturated rings. The highest BCUT2D eigenvalue weighted by atomic mass is 35.5. The molecule has 1 amide bonds. The molecule has 25 heavy (non-hydrogen) atoms. The zero-order valence-corrected chi connectivity index (χ0v) is 14.6. The van der Waals surface area contributed by atoms with Crippen LogP contribution < -0.4 is 5.32 Å². The summed E-state index contributed by atoms with van der Waals surface area (Å²) >= 11 is 6.32. The Bertz CT molecular complexity index is 932. The van der Waals surface area contributed by atoms with E-state index in [-0.39, 0.29) is 11.8 Å². The smallest absolute Gasteiger partial charge is 0.231 e. The van der Waals surface area contributed by atoms with Gasteiger partial charge in [-0.1, -0.05) is 24.1 Å². The van der Waals surface area contributed by atoms with Crippen molar-refractivity contribution in [2.45, 2.75) is 38.3 Å². The third-order valence-corrected chi connectivity index (χ3v) is 4.95. The van der Waals surface area contributed by atoms with E-state index in [9.17, 15) is 4.79 Å². The Morgan fingerprint density at radius 3 is 3.16 bits per heavy atom. The first kappa shape index (κ1) is 16.0. The minimum absolute atomic E-state index is 0.0798. The fraction of sp³-hybridized carbons (Fsp3) is 0.438. The van der Waals surface area contributed by atoms with Crippen LogP contribution in [0.2, 0.25) is 5.02 Å². The van der Waals surface area contributed by atoms with Crippen molar-refractivity contribution in [1.29, 1.82) is 0 Å². The number of aryl methyl sites for hydroxylation is 2. The van der Waals surface area contributed by atoms with Gasteiger partial charge < -0.3 is 5.32 Å². The molecule has 1 N–H and O–H groups in total. The second-order valence-corrected chi connectivity index (χ2v) is 6.64. The Morgan fingerprint density at radius 2 is 2.28 bits per heavy atom. The minimum Gasteiger partial charge on any atom is -0.350 e. The summed E-state index contributed by atoms with van der Waals surface area (Å²) in [6, 6.07) is 5.68. The maximum Gasteiger partial charge on any atom is 0.231 e. The monoisotopic (exact) mass is 359 g/mol. The third-order valence-electron chi connectivity index (χ3n) is 4.63. The van der Waals surface area contributed by atoms with Crippen LogP contribution in [0.3, 0.4) is 0 Å². The summed E-state index contributed by atoms with van der Waals surface area (Å²) in [6.07, 6.45) is 2.68. The number of benzene rings is 1. The number of carbonyl (C=O) groups excluding carboxylic acids is 1. The number of aromatic nitrogens is 6. The number of hydrogen-bond donors (Lipinski definition) is 1. The van der Waals surface area contributed by atoms with E-state index in [4.69, 9.17) is 11.6 Å². The van der Waals surface area contributed by atoms with Gasteiger partial charge in [0.25, 0.3) is 0 Å². The van der Waals surface area contributed by atoms with Crippen molar-refractivity contribution in [2.75, 3.05) is 0 Å². The molecule has 9 heteroatoms. The van der Waals surface area contributed by atoms with E-state index in [1.165, 1.54) is 0 Å². The molecule has 3 heterocycles. The van der Waals surface area contributed by atoms with Gasteiger partial charge in [-0.05, 0) is 35.4 Å². The van der Waals surface area contributed by atoms with E-state index in [2.05, 4.69) is 25.9 Å². The number of carbonyl (C=O) groups is 1. The van der Waals surface area contributed by atoms with Gasteiger partial charge in [0.2, 0.25) is 5.91 Å². The second-order valence-electron chi connectivity index (χ2n) is 6.23. The Morgan fingerprint density at radius 1 is 1.40 bits per heavy atom. The number of halogens is 1. The summed E-state index contributed by atoms with van der Waals surface area (Å²) in [5.41, 5.74) is 1.69. The Balaban J connectivity index is 1.55. The molecule has 8 nitrogen and oxygen atoms in total. The Kier molecular flexibility index (Phi) is 4.12. The molecule has 0 bridgehead atoms. The first-order valence-electron chi connectivity index (χ1n) is 8.29. The Labute approximate surface area is 149 Å². The lowest BCUT2D eigenvalue weighted by molar-refractivity contribution is -0.123. The van der Waals surface area contributed by atoms with Crippen LogP contribution in [0.4, 0.5) is 0 Å². The SMILES string of the molecule is Cn1nc(CNC(=O)C2CCCCn3nnnc32)c2c(Cl)cccc21. The lowest BCUT2D eigenvalue weighted by Gasteiger charge is -2.12. The average molecular weight is 360 g/mol. The topological polar surface area (TPSA) is 90.5 Å². The van der Waals surface area contributed by atoms with Gasteiger partial charge in [-0.15, -0.1) is 5.10 Å². The van der Waals surface area contributed by atoms with Crippen LogP contribution in [0.25, 0.3) is 10.9 Å². The highest BCUT2D eigenvalue weighted by Gasteiger charge is 2.28. The molecule has 0 aliphatic carbocycles. The molecular formula is C16H18ClN7O. The summed E-state index contributed by atoms with van der Waals surface area (Å²) in [7, 11) is 1.86. The van der Waals surface area contributed by atoms with Crippen LogP contribution in [-0.4, -0.2) is 35.9 Å². The molecule has 4 rings (SSSR count). The highest BCUT2D eigenvalue weighted by Crippen LogP contribution is 2.27. The lowest BCUT2D eigenvalue weighted by atomic mass is 10.0. The number of hydrogen-bond acceptors (Lipinski definition) is 5. The predicted octanol–water partition coefficient (Wildman–Crippen LogP) is 1.80. The van der Waals surface area contributed by atoms with E-state index in [1.807, 2.05) is 25.2 Å². The van der Waals surface area contributed by atoms with E-state index in [0.29, 0.717) is 17.4 Å². The molecule has 0 saturated carbocycles. The number of nitrogens with zero attached hydrogens (tertiary/aromatic N) is 6. The van der Waals surface area contributed by atoms with Crippen molar-refractivity contribution in [3.8, 4) is 0 Å². The van der Waals surface area contributed by atoms with Crippen molar-refractivity contribution in [3.05, 3.63) is 34.7 Å². The molecule has 3 aromatic rings. The van der Waals surface area contributed by atoms with Crippen LogP contribution >= 0.6 is 11.6 Å².